The molecule has 6 heteroatoms. The number of rotatable bonds is 6. The van der Waals surface area contributed by atoms with Gasteiger partial charge in [0.15, 0.2) is 0 Å². The van der Waals surface area contributed by atoms with Crippen molar-refractivity contribution in [2.24, 2.45) is 0 Å². The molecule has 1 heterocycles. The molecular formula is C15H13Cl2NO3. The summed E-state index contributed by atoms with van der Waals surface area (Å²) in [5.41, 5.74) is 1.88. The number of nitrogens with zero attached hydrogens (tertiary/aromatic N) is 1. The van der Waals surface area contributed by atoms with Crippen LogP contribution >= 0.6 is 23.2 Å². The minimum absolute atomic E-state index is 0.238. The lowest BCUT2D eigenvalue weighted by Gasteiger charge is -2.05. The molecule has 0 aliphatic heterocycles. The van der Waals surface area contributed by atoms with Crippen molar-refractivity contribution < 1.29 is 14.3 Å². The third-order valence-electron chi connectivity index (χ3n) is 3.00. The normalized spacial score (nSPS) is 10.6. The monoisotopic (exact) mass is 325 g/mol. The maximum absolute atomic E-state index is 11.9. The van der Waals surface area contributed by atoms with Gasteiger partial charge in [-0.3, -0.25) is 9.59 Å². The van der Waals surface area contributed by atoms with Crippen LogP contribution in [0, 0.1) is 0 Å². The Kier molecular flexibility index (Phi) is 5.17. The Hall–Kier alpha value is -1.62. The number of carbonyl (C=O) groups excluding carboxylic acids is 2. The molecule has 0 spiro atoms. The number of aromatic nitrogens is 1. The van der Waals surface area contributed by atoms with Crippen LogP contribution < -0.4 is 0 Å². The van der Waals surface area contributed by atoms with Crippen LogP contribution in [-0.2, 0) is 16.1 Å². The molecule has 110 valence electrons. The molecule has 0 aliphatic rings. The summed E-state index contributed by atoms with van der Waals surface area (Å²) >= 11 is 11.3. The van der Waals surface area contributed by atoms with E-state index in [0.29, 0.717) is 18.2 Å². The van der Waals surface area contributed by atoms with Crippen LogP contribution in [0.4, 0.5) is 0 Å². The Labute approximate surface area is 132 Å². The Balaban J connectivity index is 2.44. The molecule has 2 rings (SSSR count). The quantitative estimate of drug-likeness (QED) is 0.464. The minimum Gasteiger partial charge on any atom is -0.383 e. The van der Waals surface area contributed by atoms with Crippen LogP contribution in [0.5, 0.6) is 0 Å². The summed E-state index contributed by atoms with van der Waals surface area (Å²) in [5, 5.41) is -0.414. The van der Waals surface area contributed by atoms with E-state index < -0.39 is 11.0 Å². The number of hydrogen-bond donors (Lipinski definition) is 0. The molecule has 21 heavy (non-hydrogen) atoms. The summed E-state index contributed by atoms with van der Waals surface area (Å²) in [6, 6.07) is 8.87. The molecule has 0 bridgehead atoms. The van der Waals surface area contributed by atoms with E-state index in [1.54, 1.807) is 36.1 Å². The fraction of sp³-hybridized carbons (Fsp3) is 0.200. The summed E-state index contributed by atoms with van der Waals surface area (Å²) in [7, 11) is 1.57. The average molecular weight is 326 g/mol. The van der Waals surface area contributed by atoms with Crippen LogP contribution in [-0.4, -0.2) is 29.3 Å². The largest absolute Gasteiger partial charge is 0.383 e. The highest BCUT2D eigenvalue weighted by Gasteiger charge is 2.19. The molecule has 4 nitrogen and oxygen atoms in total. The van der Waals surface area contributed by atoms with Gasteiger partial charge in [-0.05, 0) is 35.4 Å². The van der Waals surface area contributed by atoms with Gasteiger partial charge in [-0.25, -0.2) is 0 Å². The maximum Gasteiger partial charge on any atom is 0.294 e. The predicted octanol–water partition coefficient (Wildman–Crippen LogP) is 3.40. The lowest BCUT2D eigenvalue weighted by atomic mass is 10.1. The first kappa shape index (κ1) is 15.8. The van der Waals surface area contributed by atoms with E-state index in [1.807, 2.05) is 12.1 Å². The highest BCUT2D eigenvalue weighted by atomic mass is 35.5. The summed E-state index contributed by atoms with van der Waals surface area (Å²) in [6.45, 7) is 0.864. The first-order valence-electron chi connectivity index (χ1n) is 6.22. The van der Waals surface area contributed by atoms with Crippen molar-refractivity contribution in [2.45, 2.75) is 6.54 Å². The van der Waals surface area contributed by atoms with Crippen LogP contribution in [0.15, 0.2) is 36.5 Å². The van der Waals surface area contributed by atoms with E-state index in [-0.39, 0.29) is 5.69 Å². The van der Waals surface area contributed by atoms with Gasteiger partial charge in [0.05, 0.1) is 12.3 Å². The summed E-state index contributed by atoms with van der Waals surface area (Å²) in [5.74, 6) is -0.735. The Morgan fingerprint density at radius 2 is 2.00 bits per heavy atom. The molecule has 0 atom stereocenters. The maximum atomic E-state index is 11.9. The molecule has 1 aromatic carbocycles. The molecular weight excluding hydrogens is 313 g/mol. The molecule has 0 N–H and O–H groups in total. The van der Waals surface area contributed by atoms with Gasteiger partial charge in [-0.1, -0.05) is 23.7 Å². The Morgan fingerprint density at radius 3 is 2.62 bits per heavy atom. The van der Waals surface area contributed by atoms with Gasteiger partial charge in [0.2, 0.25) is 0 Å². The van der Waals surface area contributed by atoms with E-state index in [2.05, 4.69) is 0 Å². The molecule has 0 amide bonds. The number of Topliss-reactive ketones (excluding diaryl/α,β-unsaturated/α-hetero) is 1. The Bertz CT molecular complexity index is 679. The van der Waals surface area contributed by atoms with Crippen molar-refractivity contribution in [3.05, 3.63) is 47.2 Å². The number of hydrogen-bond acceptors (Lipinski definition) is 3. The number of ketones is 1. The van der Waals surface area contributed by atoms with Crippen LogP contribution in [0.3, 0.4) is 0 Å². The minimum atomic E-state index is -1.01. The lowest BCUT2D eigenvalue weighted by molar-refractivity contribution is -0.108. The summed E-state index contributed by atoms with van der Waals surface area (Å²) in [6.07, 6.45) is 1.78. The topological polar surface area (TPSA) is 48.3 Å². The van der Waals surface area contributed by atoms with Gasteiger partial charge in [0.1, 0.15) is 0 Å². The zero-order valence-electron chi connectivity index (χ0n) is 11.3. The molecule has 0 unspecified atom stereocenters. The van der Waals surface area contributed by atoms with Crippen molar-refractivity contribution in [1.29, 1.82) is 0 Å². The molecule has 0 radical (unpaired) electrons. The summed E-state index contributed by atoms with van der Waals surface area (Å²) < 4.78 is 6.66. The fourth-order valence-corrected chi connectivity index (χ4v) is 2.29. The first-order chi connectivity index (χ1) is 10.0. The van der Waals surface area contributed by atoms with Crippen molar-refractivity contribution in [1.82, 2.24) is 4.57 Å². The molecule has 0 saturated heterocycles. The van der Waals surface area contributed by atoms with E-state index in [1.165, 1.54) is 0 Å². The number of methoxy groups -OCH3 is 1. The summed E-state index contributed by atoms with van der Waals surface area (Å²) in [4.78, 5) is 23.0. The third kappa shape index (κ3) is 3.73. The van der Waals surface area contributed by atoms with Crippen molar-refractivity contribution in [3.8, 4) is 11.1 Å². The molecule has 1 aromatic heterocycles. The molecule has 0 saturated carbocycles. The van der Waals surface area contributed by atoms with Crippen molar-refractivity contribution in [2.75, 3.05) is 13.7 Å². The Morgan fingerprint density at radius 1 is 1.24 bits per heavy atom. The van der Waals surface area contributed by atoms with Crippen molar-refractivity contribution >= 4 is 34.2 Å². The van der Waals surface area contributed by atoms with Gasteiger partial charge >= 0.3 is 0 Å². The number of benzene rings is 1. The zero-order chi connectivity index (χ0) is 15.4. The highest BCUT2D eigenvalue weighted by molar-refractivity contribution is 6.83. The van der Waals surface area contributed by atoms with E-state index in [0.717, 1.165) is 11.1 Å². The molecule has 0 fully saturated rings. The van der Waals surface area contributed by atoms with Crippen molar-refractivity contribution in [3.63, 3.8) is 0 Å². The number of ether oxygens (including phenoxy) is 1. The second-order valence-electron chi connectivity index (χ2n) is 4.41. The third-order valence-corrected chi connectivity index (χ3v) is 3.41. The second-order valence-corrected chi connectivity index (χ2v) is 5.19. The van der Waals surface area contributed by atoms with E-state index in [4.69, 9.17) is 27.9 Å². The lowest BCUT2D eigenvalue weighted by Crippen LogP contribution is -2.15. The van der Waals surface area contributed by atoms with Crippen LogP contribution in [0.1, 0.15) is 10.5 Å². The number of halogens is 2. The second kappa shape index (κ2) is 6.89. The molecule has 2 aromatic rings. The predicted molar refractivity (Wildman–Crippen MR) is 81.9 cm³/mol. The average Bonchev–Trinajstić information content (AvgIpc) is 2.88. The first-order valence-corrected chi connectivity index (χ1v) is 6.97. The fourth-order valence-electron chi connectivity index (χ4n) is 2.00. The highest BCUT2D eigenvalue weighted by Crippen LogP contribution is 2.25. The van der Waals surface area contributed by atoms with Crippen LogP contribution in [0.2, 0.25) is 5.02 Å². The van der Waals surface area contributed by atoms with Gasteiger partial charge in [-0.2, -0.15) is 0 Å². The zero-order valence-corrected chi connectivity index (χ0v) is 12.8. The SMILES string of the molecule is COCCn1cc(-c2cccc(Cl)c2)cc1C(=O)C(=O)Cl. The smallest absolute Gasteiger partial charge is 0.294 e. The van der Waals surface area contributed by atoms with Gasteiger partial charge in [0, 0.05) is 30.4 Å². The van der Waals surface area contributed by atoms with Gasteiger partial charge in [0.25, 0.3) is 11.0 Å². The van der Waals surface area contributed by atoms with E-state index in [9.17, 15) is 9.59 Å². The van der Waals surface area contributed by atoms with E-state index >= 15 is 0 Å². The molecule has 0 aliphatic carbocycles. The van der Waals surface area contributed by atoms with Gasteiger partial charge in [-0.15, -0.1) is 0 Å². The number of carbonyl (C=O) groups is 2. The van der Waals surface area contributed by atoms with Crippen LogP contribution in [0.25, 0.3) is 11.1 Å². The standard InChI is InChI=1S/C15H13Cl2NO3/c1-21-6-5-18-9-11(8-13(18)14(19)15(17)20)10-3-2-4-12(16)7-10/h2-4,7-9H,5-6H2,1H3. The van der Waals surface area contributed by atoms with Gasteiger partial charge < -0.3 is 9.30 Å².